The van der Waals surface area contributed by atoms with Gasteiger partial charge in [0.1, 0.15) is 18.0 Å². The van der Waals surface area contributed by atoms with Crippen LogP contribution < -0.4 is 10.2 Å². The SMILES string of the molecule is CCCc1c(NC)ncnc1N1CCCC1C1CCCC1. The van der Waals surface area contributed by atoms with Crippen LogP contribution in [0.25, 0.3) is 0 Å². The van der Waals surface area contributed by atoms with Gasteiger partial charge in [-0.25, -0.2) is 9.97 Å². The summed E-state index contributed by atoms with van der Waals surface area (Å²) >= 11 is 0. The molecule has 1 aromatic heterocycles. The van der Waals surface area contributed by atoms with Crippen LogP contribution in [0.15, 0.2) is 6.33 Å². The van der Waals surface area contributed by atoms with E-state index in [1.54, 1.807) is 6.33 Å². The van der Waals surface area contributed by atoms with E-state index >= 15 is 0 Å². The fourth-order valence-electron chi connectivity index (χ4n) is 4.23. The number of nitrogens with zero attached hydrogens (tertiary/aromatic N) is 3. The molecule has 0 radical (unpaired) electrons. The van der Waals surface area contributed by atoms with Crippen molar-refractivity contribution in [3.05, 3.63) is 11.9 Å². The van der Waals surface area contributed by atoms with Gasteiger partial charge >= 0.3 is 0 Å². The molecule has 1 N–H and O–H groups in total. The van der Waals surface area contributed by atoms with E-state index in [0.717, 1.165) is 31.1 Å². The number of nitrogens with one attached hydrogen (secondary N) is 1. The van der Waals surface area contributed by atoms with E-state index in [1.807, 2.05) is 7.05 Å². The summed E-state index contributed by atoms with van der Waals surface area (Å²) < 4.78 is 0. The lowest BCUT2D eigenvalue weighted by molar-refractivity contribution is 0.428. The van der Waals surface area contributed by atoms with Crippen molar-refractivity contribution in [3.63, 3.8) is 0 Å². The van der Waals surface area contributed by atoms with E-state index in [0.29, 0.717) is 6.04 Å². The fraction of sp³-hybridized carbons (Fsp3) is 0.765. The van der Waals surface area contributed by atoms with Crippen LogP contribution in [0.1, 0.15) is 57.4 Å². The molecule has 4 heteroatoms. The Morgan fingerprint density at radius 3 is 2.71 bits per heavy atom. The van der Waals surface area contributed by atoms with E-state index < -0.39 is 0 Å². The van der Waals surface area contributed by atoms with Gasteiger partial charge < -0.3 is 10.2 Å². The quantitative estimate of drug-likeness (QED) is 0.898. The molecule has 1 aliphatic heterocycles. The van der Waals surface area contributed by atoms with Crippen LogP contribution in [0, 0.1) is 5.92 Å². The highest BCUT2D eigenvalue weighted by molar-refractivity contribution is 5.59. The summed E-state index contributed by atoms with van der Waals surface area (Å²) in [5.74, 6) is 3.10. The molecule has 21 heavy (non-hydrogen) atoms. The maximum Gasteiger partial charge on any atom is 0.137 e. The minimum absolute atomic E-state index is 0.711. The molecule has 0 bridgehead atoms. The molecule has 2 fully saturated rings. The Kier molecular flexibility index (Phi) is 4.61. The van der Waals surface area contributed by atoms with Crippen LogP contribution in [0.3, 0.4) is 0 Å². The van der Waals surface area contributed by atoms with Crippen LogP contribution in [-0.2, 0) is 6.42 Å². The van der Waals surface area contributed by atoms with Gasteiger partial charge in [0, 0.05) is 25.2 Å². The molecule has 1 saturated carbocycles. The van der Waals surface area contributed by atoms with Crippen molar-refractivity contribution in [2.45, 2.75) is 64.3 Å². The second-order valence-electron chi connectivity index (χ2n) is 6.47. The average Bonchev–Trinajstić information content (AvgIpc) is 3.18. The van der Waals surface area contributed by atoms with Crippen LogP contribution >= 0.6 is 0 Å². The summed E-state index contributed by atoms with van der Waals surface area (Å²) in [4.78, 5) is 11.7. The maximum atomic E-state index is 4.68. The summed E-state index contributed by atoms with van der Waals surface area (Å²) in [7, 11) is 1.96. The molecule has 1 saturated heterocycles. The number of rotatable bonds is 5. The second kappa shape index (κ2) is 6.63. The first kappa shape index (κ1) is 14.6. The van der Waals surface area contributed by atoms with Crippen molar-refractivity contribution in [3.8, 4) is 0 Å². The molecule has 1 aliphatic carbocycles. The Labute approximate surface area is 128 Å². The molecule has 116 valence electrons. The fourth-order valence-corrected chi connectivity index (χ4v) is 4.23. The summed E-state index contributed by atoms with van der Waals surface area (Å²) in [5.41, 5.74) is 1.31. The second-order valence-corrected chi connectivity index (χ2v) is 6.47. The van der Waals surface area contributed by atoms with Crippen molar-refractivity contribution < 1.29 is 0 Å². The zero-order valence-electron chi connectivity index (χ0n) is 13.4. The molecule has 1 atom stereocenters. The van der Waals surface area contributed by atoms with Crippen molar-refractivity contribution in [1.29, 1.82) is 0 Å². The molecule has 2 heterocycles. The normalized spacial score (nSPS) is 23.0. The van der Waals surface area contributed by atoms with Crippen molar-refractivity contribution in [2.75, 3.05) is 23.8 Å². The van der Waals surface area contributed by atoms with E-state index in [2.05, 4.69) is 27.1 Å². The van der Waals surface area contributed by atoms with Crippen molar-refractivity contribution >= 4 is 11.6 Å². The zero-order chi connectivity index (χ0) is 14.7. The molecule has 4 nitrogen and oxygen atoms in total. The van der Waals surface area contributed by atoms with Crippen LogP contribution in [0.2, 0.25) is 0 Å². The molecule has 2 aliphatic rings. The highest BCUT2D eigenvalue weighted by Gasteiger charge is 2.35. The predicted octanol–water partition coefficient (Wildman–Crippen LogP) is 3.63. The van der Waals surface area contributed by atoms with Crippen LogP contribution in [-0.4, -0.2) is 29.6 Å². The van der Waals surface area contributed by atoms with E-state index in [1.165, 1.54) is 49.9 Å². The third-order valence-electron chi connectivity index (χ3n) is 5.17. The maximum absolute atomic E-state index is 4.68. The van der Waals surface area contributed by atoms with E-state index in [9.17, 15) is 0 Å². The van der Waals surface area contributed by atoms with Gasteiger partial charge in [-0.3, -0.25) is 0 Å². The lowest BCUT2D eigenvalue weighted by atomic mass is 9.95. The Hall–Kier alpha value is -1.32. The standard InChI is InChI=1S/C17H28N4/c1-3-7-14-16(18-2)19-12-20-17(14)21-11-6-10-15(21)13-8-4-5-9-13/h12-13,15H,3-11H2,1-2H3,(H,18,19,20). The van der Waals surface area contributed by atoms with Gasteiger partial charge in [0.25, 0.3) is 0 Å². The highest BCUT2D eigenvalue weighted by atomic mass is 15.2. The van der Waals surface area contributed by atoms with Crippen LogP contribution in [0.4, 0.5) is 11.6 Å². The molecule has 0 amide bonds. The van der Waals surface area contributed by atoms with Gasteiger partial charge in [0.15, 0.2) is 0 Å². The summed E-state index contributed by atoms with van der Waals surface area (Å²) in [6, 6.07) is 0.711. The molecule has 1 unspecified atom stereocenters. The summed E-state index contributed by atoms with van der Waals surface area (Å²) in [6.45, 7) is 3.40. The Bertz CT molecular complexity index is 468. The summed E-state index contributed by atoms with van der Waals surface area (Å²) in [6.07, 6.45) is 12.2. The average molecular weight is 288 g/mol. The van der Waals surface area contributed by atoms with E-state index in [-0.39, 0.29) is 0 Å². The van der Waals surface area contributed by atoms with Gasteiger partial charge in [0.2, 0.25) is 0 Å². The molecule has 0 aromatic carbocycles. The Morgan fingerprint density at radius 2 is 2.00 bits per heavy atom. The summed E-state index contributed by atoms with van der Waals surface area (Å²) in [5, 5.41) is 3.25. The van der Waals surface area contributed by atoms with Gasteiger partial charge in [-0.2, -0.15) is 0 Å². The molecular weight excluding hydrogens is 260 g/mol. The molecular formula is C17H28N4. The van der Waals surface area contributed by atoms with Gasteiger partial charge in [-0.15, -0.1) is 0 Å². The Morgan fingerprint density at radius 1 is 1.19 bits per heavy atom. The number of anilines is 2. The van der Waals surface area contributed by atoms with E-state index in [4.69, 9.17) is 0 Å². The topological polar surface area (TPSA) is 41.1 Å². The van der Waals surface area contributed by atoms with Gasteiger partial charge in [-0.05, 0) is 38.0 Å². The lowest BCUT2D eigenvalue weighted by Gasteiger charge is -2.32. The van der Waals surface area contributed by atoms with Gasteiger partial charge in [0.05, 0.1) is 0 Å². The monoisotopic (exact) mass is 288 g/mol. The highest BCUT2D eigenvalue weighted by Crippen LogP contribution is 2.39. The predicted molar refractivity (Wildman–Crippen MR) is 87.9 cm³/mol. The number of hydrogen-bond donors (Lipinski definition) is 1. The largest absolute Gasteiger partial charge is 0.373 e. The minimum Gasteiger partial charge on any atom is -0.373 e. The first-order chi connectivity index (χ1) is 10.3. The smallest absolute Gasteiger partial charge is 0.137 e. The number of hydrogen-bond acceptors (Lipinski definition) is 4. The van der Waals surface area contributed by atoms with Crippen molar-refractivity contribution in [2.24, 2.45) is 5.92 Å². The third-order valence-corrected chi connectivity index (χ3v) is 5.17. The third kappa shape index (κ3) is 2.85. The first-order valence-corrected chi connectivity index (χ1v) is 8.63. The first-order valence-electron chi connectivity index (χ1n) is 8.63. The Balaban J connectivity index is 1.90. The molecule has 0 spiro atoms. The molecule has 3 rings (SSSR count). The zero-order valence-corrected chi connectivity index (χ0v) is 13.4. The lowest BCUT2D eigenvalue weighted by Crippen LogP contribution is -2.36. The van der Waals surface area contributed by atoms with Gasteiger partial charge in [-0.1, -0.05) is 26.2 Å². The minimum atomic E-state index is 0.711. The molecule has 1 aromatic rings. The number of aromatic nitrogens is 2. The van der Waals surface area contributed by atoms with Crippen molar-refractivity contribution in [1.82, 2.24) is 9.97 Å². The van der Waals surface area contributed by atoms with Crippen LogP contribution in [0.5, 0.6) is 0 Å².